The molecule has 0 aromatic heterocycles. The number of hydrogen-bond donors (Lipinski definition) is 1. The molecule has 0 spiro atoms. The lowest BCUT2D eigenvalue weighted by Gasteiger charge is -2.38. The number of benzene rings is 2. The average molecular weight is 413 g/mol. The Kier molecular flexibility index (Phi) is 7.75. The van der Waals surface area contributed by atoms with Crippen molar-refractivity contribution in [3.8, 4) is 11.5 Å². The van der Waals surface area contributed by atoms with E-state index in [0.29, 0.717) is 13.2 Å². The first kappa shape index (κ1) is 22.6. The number of ether oxygens (including phenoxy) is 2. The molecular formula is C25H36N2O3. The van der Waals surface area contributed by atoms with Crippen LogP contribution >= 0.6 is 0 Å². The van der Waals surface area contributed by atoms with Gasteiger partial charge in [0.1, 0.15) is 30.3 Å². The second kappa shape index (κ2) is 10.3. The lowest BCUT2D eigenvalue weighted by Crippen LogP contribution is -2.47. The molecule has 0 saturated carbocycles. The van der Waals surface area contributed by atoms with E-state index in [1.165, 1.54) is 16.7 Å². The highest BCUT2D eigenvalue weighted by Gasteiger charge is 2.33. The van der Waals surface area contributed by atoms with Gasteiger partial charge in [-0.2, -0.15) is 0 Å². The van der Waals surface area contributed by atoms with E-state index in [2.05, 4.69) is 47.9 Å². The highest BCUT2D eigenvalue weighted by molar-refractivity contribution is 5.34. The molecule has 0 bridgehead atoms. The van der Waals surface area contributed by atoms with Gasteiger partial charge in [-0.15, -0.1) is 0 Å². The summed E-state index contributed by atoms with van der Waals surface area (Å²) in [7, 11) is 4.09. The van der Waals surface area contributed by atoms with Gasteiger partial charge in [-0.05, 0) is 81.7 Å². The van der Waals surface area contributed by atoms with Crippen molar-refractivity contribution >= 4 is 0 Å². The van der Waals surface area contributed by atoms with E-state index >= 15 is 0 Å². The molecular weight excluding hydrogens is 376 g/mol. The topological polar surface area (TPSA) is 45.2 Å². The Labute approximate surface area is 181 Å². The molecule has 1 fully saturated rings. The van der Waals surface area contributed by atoms with Crippen molar-refractivity contribution < 1.29 is 14.6 Å². The van der Waals surface area contributed by atoms with E-state index < -0.39 is 5.60 Å². The lowest BCUT2D eigenvalue weighted by atomic mass is 9.92. The molecule has 1 aliphatic heterocycles. The lowest BCUT2D eigenvalue weighted by molar-refractivity contribution is -0.0537. The first-order valence-electron chi connectivity index (χ1n) is 10.8. The van der Waals surface area contributed by atoms with Gasteiger partial charge >= 0.3 is 0 Å². The molecule has 0 amide bonds. The van der Waals surface area contributed by atoms with Crippen LogP contribution < -0.4 is 9.47 Å². The quantitative estimate of drug-likeness (QED) is 0.681. The van der Waals surface area contributed by atoms with Crippen LogP contribution in [0.2, 0.25) is 0 Å². The van der Waals surface area contributed by atoms with Crippen LogP contribution in [-0.2, 0) is 6.54 Å². The maximum Gasteiger partial charge on any atom is 0.119 e. The normalized spacial score (nSPS) is 16.6. The monoisotopic (exact) mass is 412 g/mol. The van der Waals surface area contributed by atoms with Crippen molar-refractivity contribution in [2.24, 2.45) is 0 Å². The zero-order valence-electron chi connectivity index (χ0n) is 18.9. The van der Waals surface area contributed by atoms with Gasteiger partial charge in [0.25, 0.3) is 0 Å². The molecule has 1 heterocycles. The van der Waals surface area contributed by atoms with Crippen LogP contribution in [-0.4, -0.2) is 67.5 Å². The van der Waals surface area contributed by atoms with Gasteiger partial charge in [0, 0.05) is 26.2 Å². The summed E-state index contributed by atoms with van der Waals surface area (Å²) in [6, 6.07) is 14.4. The zero-order valence-corrected chi connectivity index (χ0v) is 18.9. The number of likely N-dealkylation sites (N-methyl/N-ethyl adjacent to an activating group) is 1. The number of piperidine rings is 1. The van der Waals surface area contributed by atoms with E-state index in [4.69, 9.17) is 9.47 Å². The van der Waals surface area contributed by atoms with Crippen LogP contribution in [0, 0.1) is 13.8 Å². The number of likely N-dealkylation sites (tertiary alicyclic amines) is 1. The Bertz CT molecular complexity index is 814. The Morgan fingerprint density at radius 3 is 2.40 bits per heavy atom. The van der Waals surface area contributed by atoms with Crippen molar-refractivity contribution in [2.45, 2.75) is 38.8 Å². The van der Waals surface area contributed by atoms with Gasteiger partial charge in [-0.3, -0.25) is 4.90 Å². The van der Waals surface area contributed by atoms with Crippen LogP contribution in [0.3, 0.4) is 0 Å². The predicted octanol–water partition coefficient (Wildman–Crippen LogP) is 3.65. The van der Waals surface area contributed by atoms with Crippen molar-refractivity contribution in [1.29, 1.82) is 0 Å². The summed E-state index contributed by atoms with van der Waals surface area (Å²) in [4.78, 5) is 4.51. The minimum Gasteiger partial charge on any atom is -0.492 e. The van der Waals surface area contributed by atoms with Crippen molar-refractivity contribution in [2.75, 3.05) is 46.9 Å². The van der Waals surface area contributed by atoms with E-state index in [0.717, 1.165) is 50.5 Å². The summed E-state index contributed by atoms with van der Waals surface area (Å²) >= 11 is 0. The van der Waals surface area contributed by atoms with Crippen molar-refractivity contribution in [3.63, 3.8) is 0 Å². The second-order valence-corrected chi connectivity index (χ2v) is 8.83. The Hall–Kier alpha value is -2.08. The van der Waals surface area contributed by atoms with Gasteiger partial charge in [0.2, 0.25) is 0 Å². The summed E-state index contributed by atoms with van der Waals surface area (Å²) < 4.78 is 11.8. The molecule has 164 valence electrons. The zero-order chi connectivity index (χ0) is 21.6. The predicted molar refractivity (Wildman–Crippen MR) is 121 cm³/mol. The third-order valence-electron chi connectivity index (χ3n) is 5.88. The van der Waals surface area contributed by atoms with Crippen LogP contribution in [0.25, 0.3) is 0 Å². The number of rotatable bonds is 9. The fraction of sp³-hybridized carbons (Fsp3) is 0.520. The minimum absolute atomic E-state index is 0.346. The van der Waals surface area contributed by atoms with Gasteiger partial charge in [0.15, 0.2) is 0 Å². The number of nitrogens with zero attached hydrogens (tertiary/aromatic N) is 2. The molecule has 1 N–H and O–H groups in total. The summed E-state index contributed by atoms with van der Waals surface area (Å²) in [5.41, 5.74) is 2.95. The van der Waals surface area contributed by atoms with Gasteiger partial charge in [-0.1, -0.05) is 18.2 Å². The number of aryl methyl sites for hydroxylation is 2. The summed E-state index contributed by atoms with van der Waals surface area (Å²) in [6.07, 6.45) is 1.44. The average Bonchev–Trinajstić information content (AvgIpc) is 2.71. The van der Waals surface area contributed by atoms with E-state index in [-0.39, 0.29) is 0 Å². The van der Waals surface area contributed by atoms with Gasteiger partial charge in [0.05, 0.1) is 0 Å². The Morgan fingerprint density at radius 2 is 1.70 bits per heavy atom. The molecule has 30 heavy (non-hydrogen) atoms. The standard InChI is InChI=1S/C25H36N2O3/c1-20-8-9-24(16-21(20)2)30-19-25(28)10-12-27(13-11-25)18-22-6-5-7-23(17-22)29-15-14-26(3)4/h5-9,16-17,28H,10-15,18-19H2,1-4H3. The molecule has 5 heteroatoms. The van der Waals surface area contributed by atoms with Crippen LogP contribution in [0.15, 0.2) is 42.5 Å². The van der Waals surface area contributed by atoms with E-state index in [1.54, 1.807) is 0 Å². The molecule has 5 nitrogen and oxygen atoms in total. The largest absolute Gasteiger partial charge is 0.492 e. The third kappa shape index (κ3) is 6.73. The van der Waals surface area contributed by atoms with Crippen LogP contribution in [0.1, 0.15) is 29.5 Å². The smallest absolute Gasteiger partial charge is 0.119 e. The fourth-order valence-electron chi connectivity index (χ4n) is 3.63. The molecule has 2 aromatic carbocycles. The molecule has 0 aliphatic carbocycles. The second-order valence-electron chi connectivity index (χ2n) is 8.83. The summed E-state index contributed by atoms with van der Waals surface area (Å²) in [6.45, 7) is 8.70. The fourth-order valence-corrected chi connectivity index (χ4v) is 3.63. The summed E-state index contributed by atoms with van der Waals surface area (Å²) in [5, 5.41) is 11.0. The number of aliphatic hydroxyl groups is 1. The Morgan fingerprint density at radius 1 is 0.967 bits per heavy atom. The minimum atomic E-state index is -0.758. The van der Waals surface area contributed by atoms with Crippen LogP contribution in [0.5, 0.6) is 11.5 Å². The molecule has 3 rings (SSSR count). The number of hydrogen-bond acceptors (Lipinski definition) is 5. The molecule has 0 unspecified atom stereocenters. The Balaban J connectivity index is 1.46. The molecule has 0 radical (unpaired) electrons. The first-order chi connectivity index (χ1) is 14.3. The van der Waals surface area contributed by atoms with Crippen molar-refractivity contribution in [3.05, 3.63) is 59.2 Å². The SMILES string of the molecule is Cc1ccc(OCC2(O)CCN(Cc3cccc(OCCN(C)C)c3)CC2)cc1C. The van der Waals surface area contributed by atoms with Gasteiger partial charge < -0.3 is 19.5 Å². The maximum absolute atomic E-state index is 11.0. The third-order valence-corrected chi connectivity index (χ3v) is 5.88. The van der Waals surface area contributed by atoms with E-state index in [9.17, 15) is 5.11 Å². The summed E-state index contributed by atoms with van der Waals surface area (Å²) in [5.74, 6) is 1.75. The highest BCUT2D eigenvalue weighted by Crippen LogP contribution is 2.26. The molecule has 1 saturated heterocycles. The first-order valence-corrected chi connectivity index (χ1v) is 10.8. The maximum atomic E-state index is 11.0. The molecule has 0 atom stereocenters. The van der Waals surface area contributed by atoms with Crippen molar-refractivity contribution in [1.82, 2.24) is 9.80 Å². The molecule has 2 aromatic rings. The van der Waals surface area contributed by atoms with Gasteiger partial charge in [-0.25, -0.2) is 0 Å². The van der Waals surface area contributed by atoms with Crippen LogP contribution in [0.4, 0.5) is 0 Å². The van der Waals surface area contributed by atoms with E-state index in [1.807, 2.05) is 32.3 Å². The molecule has 1 aliphatic rings. The highest BCUT2D eigenvalue weighted by atomic mass is 16.5.